The van der Waals surface area contributed by atoms with Crippen LogP contribution >= 0.6 is 0 Å². The Bertz CT molecular complexity index is 626. The van der Waals surface area contributed by atoms with Crippen LogP contribution in [0.4, 0.5) is 5.69 Å². The minimum Gasteiger partial charge on any atom is -0.467 e. The number of rotatable bonds is 5. The van der Waals surface area contributed by atoms with E-state index in [0.29, 0.717) is 13.0 Å². The molecule has 3 rings (SSSR count). The first-order valence-corrected chi connectivity index (χ1v) is 8.84. The predicted molar refractivity (Wildman–Crippen MR) is 92.4 cm³/mol. The maximum Gasteiger partial charge on any atom is 0.329 e. The Morgan fingerprint density at radius 2 is 2.12 bits per heavy atom. The molecule has 0 aliphatic carbocycles. The van der Waals surface area contributed by atoms with Crippen LogP contribution in [-0.2, 0) is 30.2 Å². The fraction of sp³-hybridized carbons (Fsp3) is 0.579. The van der Waals surface area contributed by atoms with Crippen molar-refractivity contribution >= 4 is 17.6 Å². The second kappa shape index (κ2) is 7.97. The molecular formula is C19H25NO5. The number of nitrogens with zero attached hydrogens (tertiary/aromatic N) is 1. The van der Waals surface area contributed by atoms with Crippen molar-refractivity contribution in [2.24, 2.45) is 0 Å². The van der Waals surface area contributed by atoms with Gasteiger partial charge in [-0.2, -0.15) is 0 Å². The molecule has 0 spiro atoms. The number of para-hydroxylation sites is 1. The van der Waals surface area contributed by atoms with Gasteiger partial charge >= 0.3 is 5.97 Å². The van der Waals surface area contributed by atoms with E-state index in [0.717, 1.165) is 37.1 Å². The molecule has 2 heterocycles. The molecule has 2 aliphatic heterocycles. The third-order valence-electron chi connectivity index (χ3n) is 4.84. The highest BCUT2D eigenvalue weighted by molar-refractivity contribution is 6.04. The van der Waals surface area contributed by atoms with E-state index in [1.54, 1.807) is 6.92 Å². The first-order valence-electron chi connectivity index (χ1n) is 8.84. The molecule has 6 heteroatoms. The van der Waals surface area contributed by atoms with Crippen molar-refractivity contribution in [1.82, 2.24) is 0 Å². The fourth-order valence-electron chi connectivity index (χ4n) is 3.44. The molecule has 1 aromatic carbocycles. The van der Waals surface area contributed by atoms with Gasteiger partial charge in [0.1, 0.15) is 12.1 Å². The lowest BCUT2D eigenvalue weighted by atomic mass is 10.1. The predicted octanol–water partition coefficient (Wildman–Crippen LogP) is 2.09. The lowest BCUT2D eigenvalue weighted by Gasteiger charge is -2.28. The van der Waals surface area contributed by atoms with Crippen molar-refractivity contribution in [3.8, 4) is 0 Å². The van der Waals surface area contributed by atoms with Gasteiger partial charge in [0.05, 0.1) is 19.8 Å². The van der Waals surface area contributed by atoms with Gasteiger partial charge in [-0.25, -0.2) is 4.79 Å². The van der Waals surface area contributed by atoms with Gasteiger partial charge < -0.3 is 14.2 Å². The van der Waals surface area contributed by atoms with Crippen LogP contribution in [0.25, 0.3) is 0 Å². The molecule has 1 fully saturated rings. The zero-order valence-electron chi connectivity index (χ0n) is 14.8. The molecule has 0 bridgehead atoms. The number of anilines is 1. The molecule has 6 nitrogen and oxygen atoms in total. The van der Waals surface area contributed by atoms with Crippen molar-refractivity contribution in [3.63, 3.8) is 0 Å². The molecule has 0 saturated carbocycles. The number of fused-ring (bicyclic) bond motifs is 1. The number of hydrogen-bond acceptors (Lipinski definition) is 5. The number of esters is 1. The summed E-state index contributed by atoms with van der Waals surface area (Å²) >= 11 is 0. The normalized spacial score (nSPS) is 23.8. The number of methoxy groups -OCH3 is 1. The summed E-state index contributed by atoms with van der Waals surface area (Å²) in [5, 5.41) is 0. The van der Waals surface area contributed by atoms with Gasteiger partial charge in [-0.3, -0.25) is 9.69 Å². The summed E-state index contributed by atoms with van der Waals surface area (Å²) in [5.74, 6) is -0.636. The maximum absolute atomic E-state index is 13.0. The SMILES string of the molecule is COC(=O)C1Cc2ccccc2N1C(=O)C(C)OCC1CCCCO1. The van der Waals surface area contributed by atoms with Crippen LogP contribution in [0.1, 0.15) is 31.7 Å². The Hall–Kier alpha value is -1.92. The second-order valence-corrected chi connectivity index (χ2v) is 6.54. The highest BCUT2D eigenvalue weighted by atomic mass is 16.5. The van der Waals surface area contributed by atoms with Gasteiger partial charge in [0.25, 0.3) is 5.91 Å². The maximum atomic E-state index is 13.0. The molecule has 1 aromatic rings. The smallest absolute Gasteiger partial charge is 0.329 e. The molecule has 3 unspecified atom stereocenters. The van der Waals surface area contributed by atoms with Gasteiger partial charge in [-0.1, -0.05) is 18.2 Å². The van der Waals surface area contributed by atoms with Crippen molar-refractivity contribution in [2.75, 3.05) is 25.2 Å². The van der Waals surface area contributed by atoms with Gasteiger partial charge in [-0.05, 0) is 37.8 Å². The van der Waals surface area contributed by atoms with Crippen molar-refractivity contribution in [2.45, 2.75) is 50.9 Å². The summed E-state index contributed by atoms with van der Waals surface area (Å²) in [6, 6.07) is 6.92. The van der Waals surface area contributed by atoms with Crippen LogP contribution in [0.15, 0.2) is 24.3 Å². The minimum absolute atomic E-state index is 0.0475. The summed E-state index contributed by atoms with van der Waals surface area (Å²) in [5.41, 5.74) is 1.72. The van der Waals surface area contributed by atoms with Crippen LogP contribution in [-0.4, -0.2) is 50.4 Å². The molecule has 25 heavy (non-hydrogen) atoms. The standard InChI is InChI=1S/C19H25NO5/c1-13(25-12-15-8-5-6-10-24-15)18(21)20-16-9-4-3-7-14(16)11-17(20)19(22)23-2/h3-4,7,9,13,15,17H,5-6,8,10-12H2,1-2H3. The number of amides is 1. The summed E-state index contributed by atoms with van der Waals surface area (Å²) in [7, 11) is 1.34. The third-order valence-corrected chi connectivity index (χ3v) is 4.84. The summed E-state index contributed by atoms with van der Waals surface area (Å²) in [4.78, 5) is 26.6. The number of carbonyl (C=O) groups excluding carboxylic acids is 2. The van der Waals surface area contributed by atoms with Crippen LogP contribution in [0.3, 0.4) is 0 Å². The monoisotopic (exact) mass is 347 g/mol. The van der Waals surface area contributed by atoms with E-state index in [1.165, 1.54) is 12.0 Å². The first kappa shape index (κ1) is 17.9. The molecule has 0 N–H and O–H groups in total. The van der Waals surface area contributed by atoms with Crippen molar-refractivity contribution in [3.05, 3.63) is 29.8 Å². The topological polar surface area (TPSA) is 65.1 Å². The number of benzene rings is 1. The van der Waals surface area contributed by atoms with E-state index >= 15 is 0 Å². The van der Waals surface area contributed by atoms with E-state index in [-0.39, 0.29) is 12.0 Å². The Balaban J connectivity index is 1.70. The zero-order chi connectivity index (χ0) is 17.8. The minimum atomic E-state index is -0.649. The first-order chi connectivity index (χ1) is 12.1. The number of carbonyl (C=O) groups is 2. The molecule has 1 amide bonds. The largest absolute Gasteiger partial charge is 0.467 e. The van der Waals surface area contributed by atoms with Crippen molar-refractivity contribution < 1.29 is 23.8 Å². The highest BCUT2D eigenvalue weighted by Gasteiger charge is 2.40. The van der Waals surface area contributed by atoms with Gasteiger partial charge in [0.2, 0.25) is 0 Å². The molecule has 136 valence electrons. The van der Waals surface area contributed by atoms with Crippen LogP contribution in [0, 0.1) is 0 Å². The van der Waals surface area contributed by atoms with Crippen LogP contribution in [0.5, 0.6) is 0 Å². The molecule has 2 aliphatic rings. The van der Waals surface area contributed by atoms with E-state index in [2.05, 4.69) is 0 Å². The quantitative estimate of drug-likeness (QED) is 0.763. The van der Waals surface area contributed by atoms with Crippen LogP contribution in [0.2, 0.25) is 0 Å². The summed E-state index contributed by atoms with van der Waals surface area (Å²) < 4.78 is 16.3. The Kier molecular flexibility index (Phi) is 5.71. The Morgan fingerprint density at radius 1 is 1.32 bits per heavy atom. The van der Waals surface area contributed by atoms with E-state index in [9.17, 15) is 9.59 Å². The average molecular weight is 347 g/mol. The molecule has 1 saturated heterocycles. The number of hydrogen-bond donors (Lipinski definition) is 0. The Morgan fingerprint density at radius 3 is 2.84 bits per heavy atom. The van der Waals surface area contributed by atoms with Gasteiger partial charge in [0, 0.05) is 18.7 Å². The molecule has 0 aromatic heterocycles. The summed E-state index contributed by atoms with van der Waals surface area (Å²) in [6.07, 6.45) is 3.03. The molecule has 3 atom stereocenters. The molecular weight excluding hydrogens is 322 g/mol. The lowest BCUT2D eigenvalue weighted by molar-refractivity contribution is -0.145. The molecule has 0 radical (unpaired) electrons. The van der Waals surface area contributed by atoms with E-state index < -0.39 is 18.1 Å². The Labute approximate surface area is 148 Å². The lowest BCUT2D eigenvalue weighted by Crippen LogP contribution is -2.48. The zero-order valence-corrected chi connectivity index (χ0v) is 14.8. The second-order valence-electron chi connectivity index (χ2n) is 6.54. The van der Waals surface area contributed by atoms with Crippen LogP contribution < -0.4 is 4.90 Å². The highest BCUT2D eigenvalue weighted by Crippen LogP contribution is 2.33. The van der Waals surface area contributed by atoms with Gasteiger partial charge in [0.15, 0.2) is 0 Å². The fourth-order valence-corrected chi connectivity index (χ4v) is 3.44. The number of ether oxygens (including phenoxy) is 3. The third kappa shape index (κ3) is 3.85. The van der Waals surface area contributed by atoms with E-state index in [4.69, 9.17) is 14.2 Å². The average Bonchev–Trinajstić information content (AvgIpc) is 3.05. The van der Waals surface area contributed by atoms with Crippen molar-refractivity contribution in [1.29, 1.82) is 0 Å². The van der Waals surface area contributed by atoms with Gasteiger partial charge in [-0.15, -0.1) is 0 Å². The summed E-state index contributed by atoms with van der Waals surface area (Å²) in [6.45, 7) is 2.87. The van der Waals surface area contributed by atoms with E-state index in [1.807, 2.05) is 24.3 Å².